The Labute approximate surface area is 112 Å². The topological polar surface area (TPSA) is 58.4 Å². The normalized spacial score (nSPS) is 24.6. The molecule has 1 aromatic rings. The van der Waals surface area contributed by atoms with Gasteiger partial charge in [0.05, 0.1) is 13.2 Å². The van der Waals surface area contributed by atoms with Gasteiger partial charge in [-0.3, -0.25) is 14.5 Å². The summed E-state index contributed by atoms with van der Waals surface area (Å²) in [5.41, 5.74) is 1.10. The van der Waals surface area contributed by atoms with Crippen LogP contribution in [-0.2, 0) is 14.3 Å². The van der Waals surface area contributed by atoms with Gasteiger partial charge in [-0.2, -0.15) is 0 Å². The van der Waals surface area contributed by atoms with Gasteiger partial charge in [-0.15, -0.1) is 0 Å². The van der Waals surface area contributed by atoms with Crippen molar-refractivity contribution in [3.8, 4) is 0 Å². The Morgan fingerprint density at radius 1 is 1.32 bits per heavy atom. The van der Waals surface area contributed by atoms with Crippen molar-refractivity contribution in [1.82, 2.24) is 10.2 Å². The van der Waals surface area contributed by atoms with Crippen molar-refractivity contribution in [2.75, 3.05) is 20.2 Å². The van der Waals surface area contributed by atoms with E-state index >= 15 is 0 Å². The van der Waals surface area contributed by atoms with E-state index in [4.69, 9.17) is 4.74 Å². The molecular formula is C14H18N2O3. The lowest BCUT2D eigenvalue weighted by Crippen LogP contribution is -2.27. The van der Waals surface area contributed by atoms with Gasteiger partial charge >= 0.3 is 5.97 Å². The lowest BCUT2D eigenvalue weighted by atomic mass is 10.1. The second kappa shape index (κ2) is 5.84. The molecule has 5 heteroatoms. The first-order chi connectivity index (χ1) is 9.15. The number of rotatable bonds is 5. The fourth-order valence-electron chi connectivity index (χ4n) is 2.32. The average molecular weight is 262 g/mol. The highest BCUT2D eigenvalue weighted by atomic mass is 16.5. The molecule has 1 aliphatic rings. The third kappa shape index (κ3) is 3.12. The molecule has 1 aromatic carbocycles. The second-order valence-electron chi connectivity index (χ2n) is 4.54. The average Bonchev–Trinajstić information content (AvgIpc) is 3.13. The van der Waals surface area contributed by atoms with Crippen LogP contribution in [0.1, 0.15) is 18.5 Å². The van der Waals surface area contributed by atoms with E-state index in [0.717, 1.165) is 5.56 Å². The molecule has 1 amide bonds. The number of esters is 1. The van der Waals surface area contributed by atoms with Gasteiger partial charge in [0.15, 0.2) is 0 Å². The SMILES string of the molecule is COC(=O)C1C(c2ccccc2)N1CCNC(C)=O. The van der Waals surface area contributed by atoms with Crippen LogP contribution in [0.5, 0.6) is 0 Å². The summed E-state index contributed by atoms with van der Waals surface area (Å²) in [6, 6.07) is 9.67. The number of amides is 1. The van der Waals surface area contributed by atoms with Crippen LogP contribution in [0.15, 0.2) is 30.3 Å². The van der Waals surface area contributed by atoms with Gasteiger partial charge in [0, 0.05) is 20.0 Å². The molecule has 0 radical (unpaired) electrons. The van der Waals surface area contributed by atoms with Crippen LogP contribution < -0.4 is 5.32 Å². The van der Waals surface area contributed by atoms with Gasteiger partial charge < -0.3 is 10.1 Å². The lowest BCUT2D eigenvalue weighted by Gasteiger charge is -2.04. The molecule has 3 unspecified atom stereocenters. The third-order valence-electron chi connectivity index (χ3n) is 3.25. The predicted octanol–water partition coefficient (Wildman–Crippen LogP) is 0.721. The molecule has 0 aromatic heterocycles. The molecule has 1 aliphatic heterocycles. The van der Waals surface area contributed by atoms with E-state index in [9.17, 15) is 9.59 Å². The molecule has 1 fully saturated rings. The van der Waals surface area contributed by atoms with Gasteiger partial charge in [0.2, 0.25) is 5.91 Å². The minimum absolute atomic E-state index is 0.0578. The maximum absolute atomic E-state index is 11.7. The van der Waals surface area contributed by atoms with Crippen LogP contribution in [-0.4, -0.2) is 43.0 Å². The molecule has 2 rings (SSSR count). The Morgan fingerprint density at radius 2 is 2.00 bits per heavy atom. The van der Waals surface area contributed by atoms with E-state index in [1.54, 1.807) is 0 Å². The summed E-state index contributed by atoms with van der Waals surface area (Å²) >= 11 is 0. The van der Waals surface area contributed by atoms with Crippen molar-refractivity contribution in [2.24, 2.45) is 0 Å². The standard InChI is InChI=1S/C14H18N2O3/c1-10(17)15-8-9-16-12(13(16)14(18)19-2)11-6-4-3-5-7-11/h3-7,12-13H,8-9H2,1-2H3,(H,15,17). The van der Waals surface area contributed by atoms with Crippen LogP contribution in [0.3, 0.4) is 0 Å². The van der Waals surface area contributed by atoms with Crippen molar-refractivity contribution in [1.29, 1.82) is 0 Å². The second-order valence-corrected chi connectivity index (χ2v) is 4.54. The maximum Gasteiger partial charge on any atom is 0.325 e. The predicted molar refractivity (Wildman–Crippen MR) is 70.4 cm³/mol. The summed E-state index contributed by atoms with van der Waals surface area (Å²) in [5.74, 6) is -0.288. The number of carbonyl (C=O) groups excluding carboxylic acids is 2. The number of ether oxygens (including phenoxy) is 1. The van der Waals surface area contributed by atoms with E-state index in [1.165, 1.54) is 14.0 Å². The van der Waals surface area contributed by atoms with E-state index in [2.05, 4.69) is 5.32 Å². The first kappa shape index (κ1) is 13.5. The zero-order valence-corrected chi connectivity index (χ0v) is 11.1. The Hall–Kier alpha value is -1.88. The van der Waals surface area contributed by atoms with Gasteiger partial charge in [-0.25, -0.2) is 0 Å². The van der Waals surface area contributed by atoms with Gasteiger partial charge in [0.1, 0.15) is 6.04 Å². The van der Waals surface area contributed by atoms with Gasteiger partial charge in [-0.05, 0) is 5.56 Å². The highest BCUT2D eigenvalue weighted by Gasteiger charge is 2.53. The van der Waals surface area contributed by atoms with Crippen molar-refractivity contribution in [2.45, 2.75) is 19.0 Å². The third-order valence-corrected chi connectivity index (χ3v) is 3.25. The number of nitrogens with zero attached hydrogens (tertiary/aromatic N) is 1. The number of hydrogen-bond donors (Lipinski definition) is 1. The Bertz CT molecular complexity index is 461. The van der Waals surface area contributed by atoms with Gasteiger partial charge in [0.25, 0.3) is 0 Å². The largest absolute Gasteiger partial charge is 0.468 e. The molecule has 0 bridgehead atoms. The first-order valence-electron chi connectivity index (χ1n) is 6.28. The van der Waals surface area contributed by atoms with Gasteiger partial charge in [-0.1, -0.05) is 30.3 Å². The minimum atomic E-state index is -0.235. The summed E-state index contributed by atoms with van der Waals surface area (Å²) in [7, 11) is 1.40. The molecule has 3 atom stereocenters. The summed E-state index contributed by atoms with van der Waals surface area (Å²) < 4.78 is 4.82. The van der Waals surface area contributed by atoms with E-state index in [1.807, 2.05) is 35.2 Å². The Kier molecular flexibility index (Phi) is 4.16. The zero-order valence-electron chi connectivity index (χ0n) is 11.1. The summed E-state index contributed by atoms with van der Waals surface area (Å²) in [6.45, 7) is 2.65. The molecule has 0 spiro atoms. The fourth-order valence-corrected chi connectivity index (χ4v) is 2.32. The van der Waals surface area contributed by atoms with E-state index in [0.29, 0.717) is 13.1 Å². The van der Waals surface area contributed by atoms with Crippen LogP contribution in [0.25, 0.3) is 0 Å². The molecule has 1 saturated heterocycles. The zero-order chi connectivity index (χ0) is 13.8. The first-order valence-corrected chi connectivity index (χ1v) is 6.28. The molecule has 19 heavy (non-hydrogen) atoms. The number of carbonyl (C=O) groups is 2. The summed E-state index contributed by atoms with van der Waals surface area (Å²) in [4.78, 5) is 24.6. The van der Waals surface area contributed by atoms with Crippen molar-refractivity contribution >= 4 is 11.9 Å². The molecule has 0 saturated carbocycles. The molecular weight excluding hydrogens is 244 g/mol. The van der Waals surface area contributed by atoms with Crippen LogP contribution in [0.4, 0.5) is 0 Å². The highest BCUT2D eigenvalue weighted by Crippen LogP contribution is 2.43. The smallest absolute Gasteiger partial charge is 0.325 e. The van der Waals surface area contributed by atoms with Crippen molar-refractivity contribution in [3.63, 3.8) is 0 Å². The molecule has 1 N–H and O–H groups in total. The maximum atomic E-state index is 11.7. The molecule has 5 nitrogen and oxygen atoms in total. The van der Waals surface area contributed by atoms with Crippen molar-refractivity contribution in [3.05, 3.63) is 35.9 Å². The highest BCUT2D eigenvalue weighted by molar-refractivity contribution is 5.80. The quantitative estimate of drug-likeness (QED) is 0.627. The number of benzene rings is 1. The summed E-state index contributed by atoms with van der Waals surface area (Å²) in [5, 5.41) is 2.73. The fraction of sp³-hybridized carbons (Fsp3) is 0.429. The Balaban J connectivity index is 2.00. The number of hydrogen-bond acceptors (Lipinski definition) is 4. The molecule has 1 heterocycles. The van der Waals surface area contributed by atoms with E-state index < -0.39 is 0 Å². The number of methoxy groups -OCH3 is 1. The number of nitrogens with one attached hydrogen (secondary N) is 1. The van der Waals surface area contributed by atoms with E-state index in [-0.39, 0.29) is 24.0 Å². The van der Waals surface area contributed by atoms with Crippen LogP contribution in [0, 0.1) is 0 Å². The van der Waals surface area contributed by atoms with Crippen molar-refractivity contribution < 1.29 is 14.3 Å². The monoisotopic (exact) mass is 262 g/mol. The Morgan fingerprint density at radius 3 is 2.58 bits per heavy atom. The van der Waals surface area contributed by atoms with Crippen LogP contribution >= 0.6 is 0 Å². The summed E-state index contributed by atoms with van der Waals surface area (Å²) in [6.07, 6.45) is 0. The minimum Gasteiger partial charge on any atom is -0.468 e. The lowest BCUT2D eigenvalue weighted by molar-refractivity contribution is -0.140. The molecule has 0 aliphatic carbocycles. The van der Waals surface area contributed by atoms with Crippen LogP contribution in [0.2, 0.25) is 0 Å². The molecule has 102 valence electrons.